The summed E-state index contributed by atoms with van der Waals surface area (Å²) in [6.07, 6.45) is 3.09. The molecule has 2 heterocycles. The van der Waals surface area contributed by atoms with Crippen LogP contribution in [0.25, 0.3) is 0 Å². The minimum absolute atomic E-state index is 0.108. The Bertz CT molecular complexity index is 1390. The number of sulfonamides is 1. The van der Waals surface area contributed by atoms with Gasteiger partial charge in [-0.3, -0.25) is 0 Å². The quantitative estimate of drug-likeness (QED) is 0.352. The van der Waals surface area contributed by atoms with Gasteiger partial charge in [0.1, 0.15) is 11.6 Å². The van der Waals surface area contributed by atoms with E-state index in [0.29, 0.717) is 46.2 Å². The van der Waals surface area contributed by atoms with Crippen LogP contribution in [-0.2, 0) is 22.3 Å². The normalized spacial score (nSPS) is 11.3. The first kappa shape index (κ1) is 24.5. The first-order valence-electron chi connectivity index (χ1n) is 10.6. The number of para-hydroxylation sites is 1. The second kappa shape index (κ2) is 10.8. The number of anilines is 2. The van der Waals surface area contributed by atoms with Gasteiger partial charge in [0.15, 0.2) is 0 Å². The molecule has 2 aromatic heterocycles. The third kappa shape index (κ3) is 6.72. The monoisotopic (exact) mass is 510 g/mol. The van der Waals surface area contributed by atoms with E-state index >= 15 is 0 Å². The number of nitrogens with one attached hydrogen (secondary N) is 1. The highest BCUT2D eigenvalue weighted by Crippen LogP contribution is 2.26. The van der Waals surface area contributed by atoms with E-state index in [-0.39, 0.29) is 5.75 Å². The zero-order valence-electron chi connectivity index (χ0n) is 19.1. The Kier molecular flexibility index (Phi) is 7.54. The van der Waals surface area contributed by atoms with Crippen LogP contribution in [0, 0.1) is 6.92 Å². The van der Waals surface area contributed by atoms with Gasteiger partial charge in [0, 0.05) is 11.8 Å². The van der Waals surface area contributed by atoms with E-state index in [4.69, 9.17) is 16.3 Å². The Hall–Kier alpha value is -3.60. The van der Waals surface area contributed by atoms with Crippen LogP contribution in [0.3, 0.4) is 0 Å². The minimum atomic E-state index is -3.35. The first-order valence-corrected chi connectivity index (χ1v) is 12.7. The van der Waals surface area contributed by atoms with Gasteiger partial charge >= 0.3 is 0 Å². The molecule has 1 N–H and O–H groups in total. The zero-order chi connectivity index (χ0) is 24.8. The molecule has 2 aromatic carbocycles. The van der Waals surface area contributed by atoms with Crippen LogP contribution in [0.15, 0.2) is 73.1 Å². The molecule has 0 spiro atoms. The lowest BCUT2D eigenvalue weighted by molar-refractivity contribution is 0.458. The standard InChI is InChI=1S/C24H23ClN6O3S/c1-17-29-20(15-31(21-6-4-3-5-7-21)24-27-13-19(25)14-28-24)12-23(30-17)34-22-10-8-18(9-11-22)16-35(32,33)26-2/h3-14,26H,15-16H2,1-2H3. The molecule has 0 aliphatic rings. The van der Waals surface area contributed by atoms with Gasteiger partial charge in [0.2, 0.25) is 21.9 Å². The highest BCUT2D eigenvalue weighted by molar-refractivity contribution is 7.88. The van der Waals surface area contributed by atoms with Gasteiger partial charge in [-0.25, -0.2) is 28.1 Å². The fraction of sp³-hybridized carbons (Fsp3) is 0.167. The average Bonchev–Trinajstić information content (AvgIpc) is 2.84. The Balaban J connectivity index is 1.57. The predicted octanol–water partition coefficient (Wildman–Crippen LogP) is 4.41. The van der Waals surface area contributed by atoms with E-state index in [1.807, 2.05) is 35.2 Å². The van der Waals surface area contributed by atoms with E-state index < -0.39 is 10.0 Å². The number of aryl methyl sites for hydroxylation is 1. The summed E-state index contributed by atoms with van der Waals surface area (Å²) in [6, 6.07) is 18.3. The molecule has 0 aliphatic heterocycles. The zero-order valence-corrected chi connectivity index (χ0v) is 20.7. The molecule has 0 unspecified atom stereocenters. The highest BCUT2D eigenvalue weighted by atomic mass is 35.5. The van der Waals surface area contributed by atoms with Crippen LogP contribution in [0.1, 0.15) is 17.1 Å². The average molecular weight is 511 g/mol. The number of benzene rings is 2. The summed E-state index contributed by atoms with van der Waals surface area (Å²) in [6.45, 7) is 2.15. The summed E-state index contributed by atoms with van der Waals surface area (Å²) in [5.74, 6) is 1.81. The molecule has 0 bridgehead atoms. The van der Waals surface area contributed by atoms with Gasteiger partial charge < -0.3 is 9.64 Å². The van der Waals surface area contributed by atoms with E-state index in [2.05, 4.69) is 24.7 Å². The van der Waals surface area contributed by atoms with E-state index in [1.54, 1.807) is 49.6 Å². The molecular weight excluding hydrogens is 488 g/mol. The van der Waals surface area contributed by atoms with Gasteiger partial charge in [0.25, 0.3) is 0 Å². The lowest BCUT2D eigenvalue weighted by Gasteiger charge is -2.22. The van der Waals surface area contributed by atoms with Crippen LogP contribution in [0.4, 0.5) is 11.6 Å². The SMILES string of the molecule is CNS(=O)(=O)Cc1ccc(Oc2cc(CN(c3ccccc3)c3ncc(Cl)cn3)nc(C)n2)cc1. The number of nitrogens with zero attached hydrogens (tertiary/aromatic N) is 5. The number of hydrogen-bond acceptors (Lipinski definition) is 8. The summed E-state index contributed by atoms with van der Waals surface area (Å²) in [5.41, 5.74) is 2.24. The first-order chi connectivity index (χ1) is 16.8. The van der Waals surface area contributed by atoms with Crippen molar-refractivity contribution in [1.29, 1.82) is 0 Å². The van der Waals surface area contributed by atoms with Crippen molar-refractivity contribution in [3.8, 4) is 11.6 Å². The molecule has 0 amide bonds. The van der Waals surface area contributed by atoms with Crippen LogP contribution in [-0.4, -0.2) is 35.4 Å². The van der Waals surface area contributed by atoms with Crippen molar-refractivity contribution in [2.45, 2.75) is 19.2 Å². The van der Waals surface area contributed by atoms with E-state index in [0.717, 1.165) is 5.69 Å². The summed E-state index contributed by atoms with van der Waals surface area (Å²) >= 11 is 5.98. The van der Waals surface area contributed by atoms with Gasteiger partial charge in [0.05, 0.1) is 35.4 Å². The molecule has 0 saturated carbocycles. The molecule has 4 aromatic rings. The van der Waals surface area contributed by atoms with Gasteiger partial charge in [-0.15, -0.1) is 0 Å². The van der Waals surface area contributed by atoms with Crippen LogP contribution >= 0.6 is 11.6 Å². The molecule has 0 radical (unpaired) electrons. The minimum Gasteiger partial charge on any atom is -0.439 e. The number of hydrogen-bond donors (Lipinski definition) is 1. The summed E-state index contributed by atoms with van der Waals surface area (Å²) in [4.78, 5) is 19.6. The third-order valence-corrected chi connectivity index (χ3v) is 6.45. The third-order valence-electron chi connectivity index (χ3n) is 4.92. The predicted molar refractivity (Wildman–Crippen MR) is 134 cm³/mol. The smallest absolute Gasteiger partial charge is 0.230 e. The number of aromatic nitrogens is 4. The maximum Gasteiger partial charge on any atom is 0.230 e. The fourth-order valence-electron chi connectivity index (χ4n) is 3.29. The van der Waals surface area contributed by atoms with Crippen molar-refractivity contribution < 1.29 is 13.2 Å². The topological polar surface area (TPSA) is 110 Å². The number of halogens is 1. The number of ether oxygens (including phenoxy) is 1. The number of rotatable bonds is 9. The molecule has 9 nitrogen and oxygen atoms in total. The van der Waals surface area contributed by atoms with Crippen molar-refractivity contribution in [2.24, 2.45) is 0 Å². The van der Waals surface area contributed by atoms with Crippen LogP contribution in [0.2, 0.25) is 5.02 Å². The molecule has 0 aliphatic carbocycles. The van der Waals surface area contributed by atoms with Gasteiger partial charge in [-0.2, -0.15) is 4.98 Å². The molecule has 0 atom stereocenters. The molecule has 11 heteroatoms. The van der Waals surface area contributed by atoms with Crippen LogP contribution in [0.5, 0.6) is 11.6 Å². The largest absolute Gasteiger partial charge is 0.439 e. The van der Waals surface area contributed by atoms with Crippen molar-refractivity contribution in [3.63, 3.8) is 0 Å². The van der Waals surface area contributed by atoms with Crippen molar-refractivity contribution in [2.75, 3.05) is 11.9 Å². The van der Waals surface area contributed by atoms with Crippen molar-refractivity contribution in [1.82, 2.24) is 24.7 Å². The molecule has 0 fully saturated rings. The fourth-order valence-corrected chi connectivity index (χ4v) is 4.16. The molecule has 35 heavy (non-hydrogen) atoms. The Morgan fingerprint density at radius 1 is 1.00 bits per heavy atom. The van der Waals surface area contributed by atoms with Gasteiger partial charge in [-0.05, 0) is 43.8 Å². The summed E-state index contributed by atoms with van der Waals surface area (Å²) < 4.78 is 31.7. The molecular formula is C24H23ClN6O3S. The maximum atomic E-state index is 11.8. The van der Waals surface area contributed by atoms with Crippen molar-refractivity contribution >= 4 is 33.3 Å². The highest BCUT2D eigenvalue weighted by Gasteiger charge is 2.16. The maximum absolute atomic E-state index is 11.8. The van der Waals surface area contributed by atoms with Crippen LogP contribution < -0.4 is 14.4 Å². The second-order valence-electron chi connectivity index (χ2n) is 7.58. The van der Waals surface area contributed by atoms with Gasteiger partial charge in [-0.1, -0.05) is 41.9 Å². The second-order valence-corrected chi connectivity index (χ2v) is 9.94. The Labute approximate surface area is 208 Å². The van der Waals surface area contributed by atoms with Crippen molar-refractivity contribution in [3.05, 3.63) is 95.2 Å². The molecule has 180 valence electrons. The van der Waals surface area contributed by atoms with E-state index in [1.165, 1.54) is 7.05 Å². The molecule has 0 saturated heterocycles. The lowest BCUT2D eigenvalue weighted by atomic mass is 10.2. The summed E-state index contributed by atoms with van der Waals surface area (Å²) in [7, 11) is -1.96. The van der Waals surface area contributed by atoms with E-state index in [9.17, 15) is 8.42 Å². The Morgan fingerprint density at radius 2 is 1.69 bits per heavy atom. The molecule has 4 rings (SSSR count). The lowest BCUT2D eigenvalue weighted by Crippen LogP contribution is -2.20. The summed E-state index contributed by atoms with van der Waals surface area (Å²) in [5, 5.41) is 0.449. The Morgan fingerprint density at radius 3 is 2.34 bits per heavy atom.